The Balaban J connectivity index is 1.93. The molecule has 2 aromatic rings. The number of likely N-dealkylation sites (tertiary alicyclic amines) is 1. The summed E-state index contributed by atoms with van der Waals surface area (Å²) >= 11 is 0. The van der Waals surface area contributed by atoms with Crippen molar-refractivity contribution in [3.8, 4) is 0 Å². The molecule has 9 unspecified atom stereocenters. The highest BCUT2D eigenvalue weighted by atomic mass is 16.4. The monoisotopic (exact) mass is 855 g/mol. The maximum absolute atomic E-state index is 14.2. The number of nitrogens with zero attached hydrogens (tertiary/aromatic N) is 1. The number of para-hydroxylation sites is 1. The molecule has 12 N–H and O–H groups in total. The third-order valence-electron chi connectivity index (χ3n) is 10.9. The number of rotatable bonds is 23. The first-order valence-corrected chi connectivity index (χ1v) is 21.0. The molecule has 0 spiro atoms. The number of hydrogen-bond donors (Lipinski definition) is 10. The van der Waals surface area contributed by atoms with Gasteiger partial charge in [0, 0.05) is 30.1 Å². The number of aliphatic carboxylic acids is 1. The van der Waals surface area contributed by atoms with Crippen LogP contribution >= 0.6 is 0 Å². The molecule has 0 bridgehead atoms. The molecule has 2 heterocycles. The van der Waals surface area contributed by atoms with E-state index >= 15 is 0 Å². The van der Waals surface area contributed by atoms with Crippen LogP contribution in [0.2, 0.25) is 0 Å². The smallest absolute Gasteiger partial charge is 0.305 e. The Hall–Kier alpha value is -5.56. The van der Waals surface area contributed by atoms with Crippen molar-refractivity contribution in [3.05, 3.63) is 36.0 Å². The number of nitrogens with two attached hydrogens (primary N) is 2. The average molecular weight is 856 g/mol. The molecule has 1 aromatic heterocycles. The summed E-state index contributed by atoms with van der Waals surface area (Å²) in [4.78, 5) is 111. The van der Waals surface area contributed by atoms with Crippen molar-refractivity contribution in [3.63, 3.8) is 0 Å². The van der Waals surface area contributed by atoms with Crippen LogP contribution in [0, 0.1) is 17.8 Å². The number of aromatic amines is 1. The molecule has 0 saturated carbocycles. The SMILES string of the molecule is CCC(C)C(NC(=O)C(CC(C)C)NC(=O)C(CC(=O)O)NC(=O)C(Cc1c[nH]c2ccccc12)NC(=O)C(CC(C)C)NC(=O)C(N)C(C)O)C(=O)N1CCCC1C(N)=O. The van der Waals surface area contributed by atoms with Crippen molar-refractivity contribution in [2.45, 2.75) is 142 Å². The Bertz CT molecular complexity index is 1880. The van der Waals surface area contributed by atoms with E-state index < -0.39 is 102 Å². The minimum absolute atomic E-state index is 0.0707. The number of aliphatic hydroxyl groups excluding tert-OH is 1. The second kappa shape index (κ2) is 22.9. The molecule has 0 radical (unpaired) electrons. The highest BCUT2D eigenvalue weighted by Gasteiger charge is 2.40. The fourth-order valence-corrected chi connectivity index (χ4v) is 7.27. The summed E-state index contributed by atoms with van der Waals surface area (Å²) in [7, 11) is 0. The zero-order valence-electron chi connectivity index (χ0n) is 36.2. The number of aliphatic hydroxyl groups is 1. The molecule has 0 aliphatic carbocycles. The second-order valence-corrected chi connectivity index (χ2v) is 16.9. The molecule has 19 nitrogen and oxygen atoms in total. The van der Waals surface area contributed by atoms with Gasteiger partial charge in [-0.15, -0.1) is 0 Å². The van der Waals surface area contributed by atoms with Gasteiger partial charge < -0.3 is 58.1 Å². The van der Waals surface area contributed by atoms with Gasteiger partial charge in [0.05, 0.1) is 12.5 Å². The summed E-state index contributed by atoms with van der Waals surface area (Å²) in [5, 5.41) is 33.5. The van der Waals surface area contributed by atoms with Crippen LogP contribution in [0.15, 0.2) is 30.5 Å². The fraction of sp³-hybridized carbons (Fsp3) is 0.619. The summed E-state index contributed by atoms with van der Waals surface area (Å²) in [6.45, 7) is 12.4. The van der Waals surface area contributed by atoms with Gasteiger partial charge >= 0.3 is 5.97 Å². The third kappa shape index (κ3) is 14.3. The Morgan fingerprint density at radius 3 is 1.87 bits per heavy atom. The number of hydrogen-bond acceptors (Lipinski definition) is 10. The highest BCUT2D eigenvalue weighted by molar-refractivity contribution is 5.98. The number of nitrogens with one attached hydrogen (secondary N) is 6. The van der Waals surface area contributed by atoms with Crippen LogP contribution < -0.4 is 38.1 Å². The van der Waals surface area contributed by atoms with Crippen LogP contribution in [-0.4, -0.2) is 122 Å². The van der Waals surface area contributed by atoms with Crippen LogP contribution in [0.25, 0.3) is 10.9 Å². The van der Waals surface area contributed by atoms with E-state index in [-0.39, 0.29) is 43.6 Å². The van der Waals surface area contributed by atoms with Gasteiger partial charge in [0.25, 0.3) is 0 Å². The molecule has 3 rings (SSSR count). The number of amides is 7. The molecule has 1 aromatic carbocycles. The van der Waals surface area contributed by atoms with E-state index in [4.69, 9.17) is 11.5 Å². The molecule has 1 aliphatic heterocycles. The number of primary amides is 1. The average Bonchev–Trinajstić information content (AvgIpc) is 3.85. The largest absolute Gasteiger partial charge is 0.481 e. The van der Waals surface area contributed by atoms with E-state index in [1.165, 1.54) is 11.8 Å². The van der Waals surface area contributed by atoms with Crippen LogP contribution in [-0.2, 0) is 44.8 Å². The predicted octanol–water partition coefficient (Wildman–Crippen LogP) is -0.0682. The topological polar surface area (TPSA) is 308 Å². The van der Waals surface area contributed by atoms with Gasteiger partial charge in [-0.2, -0.15) is 0 Å². The molecular weight excluding hydrogens is 791 g/mol. The molecule has 9 atom stereocenters. The number of H-pyrrole nitrogens is 1. The number of carboxylic acid groups (broad SMARTS) is 1. The molecular formula is C42H65N9O10. The normalized spacial score (nSPS) is 18.0. The first-order chi connectivity index (χ1) is 28.6. The van der Waals surface area contributed by atoms with Gasteiger partial charge in [0.15, 0.2) is 0 Å². The molecule has 1 aliphatic rings. The second-order valence-electron chi connectivity index (χ2n) is 16.9. The first kappa shape index (κ1) is 49.8. The van der Waals surface area contributed by atoms with Gasteiger partial charge in [-0.25, -0.2) is 0 Å². The number of aromatic nitrogens is 1. The molecule has 338 valence electrons. The van der Waals surface area contributed by atoms with Gasteiger partial charge in [-0.05, 0) is 62.0 Å². The van der Waals surface area contributed by atoms with E-state index in [1.807, 2.05) is 32.9 Å². The quantitative estimate of drug-likeness (QED) is 0.0706. The first-order valence-electron chi connectivity index (χ1n) is 21.0. The van der Waals surface area contributed by atoms with Crippen molar-refractivity contribution in [1.82, 2.24) is 36.5 Å². The Labute approximate surface area is 356 Å². The van der Waals surface area contributed by atoms with Crippen molar-refractivity contribution in [1.29, 1.82) is 0 Å². The van der Waals surface area contributed by atoms with Gasteiger partial charge in [-0.3, -0.25) is 38.4 Å². The Kier molecular flexibility index (Phi) is 18.7. The van der Waals surface area contributed by atoms with E-state index in [1.54, 1.807) is 39.1 Å². The van der Waals surface area contributed by atoms with E-state index in [0.29, 0.717) is 24.8 Å². The number of carboxylic acids is 1. The lowest BCUT2D eigenvalue weighted by molar-refractivity contribution is -0.143. The minimum atomic E-state index is -1.74. The highest BCUT2D eigenvalue weighted by Crippen LogP contribution is 2.22. The maximum Gasteiger partial charge on any atom is 0.305 e. The van der Waals surface area contributed by atoms with Gasteiger partial charge in [0.1, 0.15) is 42.3 Å². The lowest BCUT2D eigenvalue weighted by atomic mass is 9.95. The van der Waals surface area contributed by atoms with Crippen LogP contribution in [0.5, 0.6) is 0 Å². The number of benzene rings is 1. The lowest BCUT2D eigenvalue weighted by Crippen LogP contribution is -2.61. The summed E-state index contributed by atoms with van der Waals surface area (Å²) in [5.74, 6) is -7.50. The predicted molar refractivity (Wildman–Crippen MR) is 226 cm³/mol. The lowest BCUT2D eigenvalue weighted by Gasteiger charge is -2.32. The van der Waals surface area contributed by atoms with Crippen molar-refractivity contribution < 1.29 is 48.6 Å². The molecule has 1 saturated heterocycles. The molecule has 19 heteroatoms. The van der Waals surface area contributed by atoms with Gasteiger partial charge in [0.2, 0.25) is 41.4 Å². The van der Waals surface area contributed by atoms with Crippen molar-refractivity contribution in [2.24, 2.45) is 29.2 Å². The zero-order valence-corrected chi connectivity index (χ0v) is 36.2. The number of carbonyl (C=O) groups excluding carboxylic acids is 7. The van der Waals surface area contributed by atoms with Crippen molar-refractivity contribution in [2.75, 3.05) is 6.54 Å². The number of carbonyl (C=O) groups is 8. The summed E-state index contributed by atoms with van der Waals surface area (Å²) in [5.41, 5.74) is 12.7. The third-order valence-corrected chi connectivity index (χ3v) is 10.9. The summed E-state index contributed by atoms with van der Waals surface area (Å²) in [6.07, 6.45) is 1.03. The minimum Gasteiger partial charge on any atom is -0.481 e. The van der Waals surface area contributed by atoms with E-state index in [9.17, 15) is 48.6 Å². The van der Waals surface area contributed by atoms with Crippen LogP contribution in [0.3, 0.4) is 0 Å². The van der Waals surface area contributed by atoms with E-state index in [0.717, 1.165) is 10.9 Å². The van der Waals surface area contributed by atoms with Crippen LogP contribution in [0.1, 0.15) is 92.6 Å². The summed E-state index contributed by atoms with van der Waals surface area (Å²) in [6, 6.07) is -1.64. The van der Waals surface area contributed by atoms with E-state index in [2.05, 4.69) is 31.6 Å². The Morgan fingerprint density at radius 1 is 0.787 bits per heavy atom. The summed E-state index contributed by atoms with van der Waals surface area (Å²) < 4.78 is 0. The van der Waals surface area contributed by atoms with Crippen LogP contribution in [0.4, 0.5) is 0 Å². The zero-order chi connectivity index (χ0) is 45.7. The standard InChI is InChI=1S/C42H65N9O10/c1-8-23(6)35(42(61)51-15-11-14-32(51)36(44)55)50-40(59)29(17-22(4)5)46-39(58)31(19-33(53)54)48-38(57)30(18-25-20-45-27-13-10-9-12-26(25)27)47-37(56)28(16-21(2)3)49-41(60)34(43)24(7)52/h9-10,12-13,20-24,28-32,34-35,45,52H,8,11,14-19,43H2,1-7H3,(H2,44,55)(H,46,58)(H,47,56)(H,48,57)(H,49,60)(H,50,59)(H,53,54). The fourth-order valence-electron chi connectivity index (χ4n) is 7.27. The Morgan fingerprint density at radius 2 is 1.31 bits per heavy atom. The van der Waals surface area contributed by atoms with Crippen molar-refractivity contribution >= 4 is 58.2 Å². The van der Waals surface area contributed by atoms with Gasteiger partial charge in [-0.1, -0.05) is 66.2 Å². The molecule has 61 heavy (non-hydrogen) atoms. The molecule has 1 fully saturated rings. The maximum atomic E-state index is 14.2. The number of fused-ring (bicyclic) bond motifs is 1. The molecule has 7 amide bonds.